The van der Waals surface area contributed by atoms with E-state index in [-0.39, 0.29) is 5.91 Å². The lowest BCUT2D eigenvalue weighted by Crippen LogP contribution is -2.53. The van der Waals surface area contributed by atoms with Crippen molar-refractivity contribution in [2.24, 2.45) is 11.7 Å². The molecule has 1 saturated carbocycles. The van der Waals surface area contributed by atoms with Crippen molar-refractivity contribution in [1.29, 1.82) is 0 Å². The summed E-state index contributed by atoms with van der Waals surface area (Å²) in [6.07, 6.45) is 7.22. The third-order valence-electron chi connectivity index (χ3n) is 4.93. The molecule has 1 aliphatic rings. The number of amides is 1. The number of nitrogens with two attached hydrogens (primary N) is 1. The minimum atomic E-state index is -0.562. The lowest BCUT2D eigenvalue weighted by molar-refractivity contribution is -0.124. The second-order valence-electron chi connectivity index (χ2n) is 6.64. The van der Waals surface area contributed by atoms with Gasteiger partial charge in [0.05, 0.1) is 5.54 Å². The number of carbonyl (C=O) groups is 1. The quantitative estimate of drug-likeness (QED) is 0.717. The Labute approximate surface area is 124 Å². The van der Waals surface area contributed by atoms with Gasteiger partial charge >= 0.3 is 0 Å². The Balaban J connectivity index is 2.40. The molecule has 0 heterocycles. The fourth-order valence-corrected chi connectivity index (χ4v) is 3.49. The predicted molar refractivity (Wildman–Crippen MR) is 84.6 cm³/mol. The first-order valence-electron chi connectivity index (χ1n) is 8.16. The topological polar surface area (TPSA) is 58.4 Å². The standard InChI is InChI=1S/C16H33N3O/c1-5-18-16(3,15(17)20)11-8-12-19(4)14-10-7-6-9-13(14)2/h13-14,18H,5-12H2,1-4H3,(H2,17,20). The maximum Gasteiger partial charge on any atom is 0.237 e. The van der Waals surface area contributed by atoms with E-state index >= 15 is 0 Å². The Hall–Kier alpha value is -0.610. The Bertz CT molecular complexity index is 308. The number of primary amides is 1. The van der Waals surface area contributed by atoms with Gasteiger partial charge in [0.2, 0.25) is 5.91 Å². The lowest BCUT2D eigenvalue weighted by Gasteiger charge is -2.37. The molecule has 4 heteroatoms. The molecule has 1 fully saturated rings. The van der Waals surface area contributed by atoms with Gasteiger partial charge in [-0.2, -0.15) is 0 Å². The number of rotatable bonds is 8. The van der Waals surface area contributed by atoms with Crippen LogP contribution in [0.4, 0.5) is 0 Å². The molecule has 3 unspecified atom stereocenters. The van der Waals surface area contributed by atoms with Gasteiger partial charge in [-0.05, 0) is 58.7 Å². The number of hydrogen-bond acceptors (Lipinski definition) is 3. The summed E-state index contributed by atoms with van der Waals surface area (Å²) in [5.41, 5.74) is 4.96. The highest BCUT2D eigenvalue weighted by Gasteiger charge is 2.30. The van der Waals surface area contributed by atoms with Gasteiger partial charge in [0.1, 0.15) is 0 Å². The van der Waals surface area contributed by atoms with Gasteiger partial charge in [-0.3, -0.25) is 4.79 Å². The van der Waals surface area contributed by atoms with E-state index in [1.807, 2.05) is 13.8 Å². The summed E-state index contributed by atoms with van der Waals surface area (Å²) < 4.78 is 0. The molecule has 1 aliphatic carbocycles. The monoisotopic (exact) mass is 283 g/mol. The maximum atomic E-state index is 11.6. The molecule has 0 aromatic carbocycles. The molecule has 0 aromatic heterocycles. The first-order chi connectivity index (χ1) is 9.40. The zero-order valence-corrected chi connectivity index (χ0v) is 13.7. The second kappa shape index (κ2) is 7.99. The summed E-state index contributed by atoms with van der Waals surface area (Å²) in [5, 5.41) is 3.23. The van der Waals surface area contributed by atoms with Crippen LogP contribution >= 0.6 is 0 Å². The van der Waals surface area contributed by atoms with Crippen LogP contribution in [-0.4, -0.2) is 42.5 Å². The molecule has 118 valence electrons. The van der Waals surface area contributed by atoms with Crippen molar-refractivity contribution in [1.82, 2.24) is 10.2 Å². The van der Waals surface area contributed by atoms with E-state index in [4.69, 9.17) is 5.73 Å². The maximum absolute atomic E-state index is 11.6. The molecule has 0 spiro atoms. The molecule has 0 aromatic rings. The molecule has 0 radical (unpaired) electrons. The lowest BCUT2D eigenvalue weighted by atomic mass is 9.85. The first kappa shape index (κ1) is 17.4. The van der Waals surface area contributed by atoms with E-state index in [2.05, 4.69) is 24.2 Å². The van der Waals surface area contributed by atoms with Crippen LogP contribution in [0.5, 0.6) is 0 Å². The fourth-order valence-electron chi connectivity index (χ4n) is 3.49. The molecule has 1 rings (SSSR count). The Morgan fingerprint density at radius 1 is 1.40 bits per heavy atom. The number of carbonyl (C=O) groups excluding carboxylic acids is 1. The number of hydrogen-bond donors (Lipinski definition) is 2. The summed E-state index contributed by atoms with van der Waals surface area (Å²) in [6, 6.07) is 0.711. The molecule has 4 nitrogen and oxygen atoms in total. The largest absolute Gasteiger partial charge is 0.368 e. The number of nitrogens with zero attached hydrogens (tertiary/aromatic N) is 1. The van der Waals surface area contributed by atoms with E-state index in [1.165, 1.54) is 25.7 Å². The average Bonchev–Trinajstić information content (AvgIpc) is 2.39. The zero-order chi connectivity index (χ0) is 15.2. The van der Waals surface area contributed by atoms with Crippen molar-refractivity contribution in [3.63, 3.8) is 0 Å². The number of likely N-dealkylation sites (N-methyl/N-ethyl adjacent to an activating group) is 1. The van der Waals surface area contributed by atoms with Crippen molar-refractivity contribution in [2.45, 2.75) is 70.9 Å². The summed E-state index contributed by atoms with van der Waals surface area (Å²) >= 11 is 0. The van der Waals surface area contributed by atoms with Crippen LogP contribution in [0.3, 0.4) is 0 Å². The molecular weight excluding hydrogens is 250 g/mol. The molecule has 0 saturated heterocycles. The zero-order valence-electron chi connectivity index (χ0n) is 13.7. The van der Waals surface area contributed by atoms with E-state index in [1.54, 1.807) is 0 Å². The Kier molecular flexibility index (Phi) is 6.96. The summed E-state index contributed by atoms with van der Waals surface area (Å²) in [4.78, 5) is 14.1. The highest BCUT2D eigenvalue weighted by Crippen LogP contribution is 2.27. The van der Waals surface area contributed by atoms with Crippen molar-refractivity contribution in [3.8, 4) is 0 Å². The molecule has 20 heavy (non-hydrogen) atoms. The van der Waals surface area contributed by atoms with Gasteiger partial charge < -0.3 is 16.0 Å². The highest BCUT2D eigenvalue weighted by molar-refractivity contribution is 5.84. The highest BCUT2D eigenvalue weighted by atomic mass is 16.1. The van der Waals surface area contributed by atoms with E-state index in [9.17, 15) is 4.79 Å². The van der Waals surface area contributed by atoms with E-state index < -0.39 is 5.54 Å². The molecule has 3 atom stereocenters. The Morgan fingerprint density at radius 2 is 2.05 bits per heavy atom. The summed E-state index contributed by atoms with van der Waals surface area (Å²) in [7, 11) is 2.22. The van der Waals surface area contributed by atoms with Gasteiger partial charge in [0.15, 0.2) is 0 Å². The van der Waals surface area contributed by atoms with Crippen LogP contribution in [0, 0.1) is 5.92 Å². The molecule has 0 bridgehead atoms. The van der Waals surface area contributed by atoms with Gasteiger partial charge in [-0.15, -0.1) is 0 Å². The van der Waals surface area contributed by atoms with Gasteiger partial charge in [-0.25, -0.2) is 0 Å². The molecular formula is C16H33N3O. The van der Waals surface area contributed by atoms with Crippen LogP contribution in [0.25, 0.3) is 0 Å². The van der Waals surface area contributed by atoms with Crippen LogP contribution in [0.2, 0.25) is 0 Å². The minimum Gasteiger partial charge on any atom is -0.368 e. The van der Waals surface area contributed by atoms with E-state index in [0.717, 1.165) is 31.8 Å². The predicted octanol–water partition coefficient (Wildman–Crippen LogP) is 2.13. The summed E-state index contributed by atoms with van der Waals surface area (Å²) in [6.45, 7) is 8.11. The van der Waals surface area contributed by atoms with Crippen LogP contribution in [0.1, 0.15) is 59.3 Å². The second-order valence-corrected chi connectivity index (χ2v) is 6.64. The molecule has 0 aliphatic heterocycles. The average molecular weight is 283 g/mol. The smallest absolute Gasteiger partial charge is 0.237 e. The fraction of sp³-hybridized carbons (Fsp3) is 0.938. The molecule has 1 amide bonds. The SMILES string of the molecule is CCNC(C)(CCCN(C)C1CCCCC1C)C(N)=O. The normalized spacial score (nSPS) is 26.4. The van der Waals surface area contributed by atoms with Crippen molar-refractivity contribution in [2.75, 3.05) is 20.1 Å². The van der Waals surface area contributed by atoms with Crippen molar-refractivity contribution in [3.05, 3.63) is 0 Å². The Morgan fingerprint density at radius 3 is 2.60 bits per heavy atom. The number of nitrogens with one attached hydrogen (secondary N) is 1. The van der Waals surface area contributed by atoms with Crippen LogP contribution in [0.15, 0.2) is 0 Å². The van der Waals surface area contributed by atoms with Gasteiger partial charge in [0, 0.05) is 6.04 Å². The van der Waals surface area contributed by atoms with Crippen molar-refractivity contribution >= 4 is 5.91 Å². The van der Waals surface area contributed by atoms with Crippen LogP contribution < -0.4 is 11.1 Å². The van der Waals surface area contributed by atoms with Crippen LogP contribution in [-0.2, 0) is 4.79 Å². The molecule has 3 N–H and O–H groups in total. The minimum absolute atomic E-state index is 0.243. The third kappa shape index (κ3) is 4.74. The third-order valence-corrected chi connectivity index (χ3v) is 4.93. The summed E-state index contributed by atoms with van der Waals surface area (Å²) in [5.74, 6) is 0.554. The van der Waals surface area contributed by atoms with Crippen molar-refractivity contribution < 1.29 is 4.79 Å². The van der Waals surface area contributed by atoms with Gasteiger partial charge in [-0.1, -0.05) is 26.7 Å². The first-order valence-corrected chi connectivity index (χ1v) is 8.16. The van der Waals surface area contributed by atoms with E-state index in [0.29, 0.717) is 6.04 Å². The van der Waals surface area contributed by atoms with Gasteiger partial charge in [0.25, 0.3) is 0 Å².